The largest absolute Gasteiger partial charge is 0.369 e. The molecule has 0 aliphatic heterocycles. The molecule has 0 unspecified atom stereocenters. The Morgan fingerprint density at radius 1 is 1.05 bits per heavy atom. The van der Waals surface area contributed by atoms with Crippen molar-refractivity contribution in [3.05, 3.63) is 35.9 Å². The van der Waals surface area contributed by atoms with Crippen LogP contribution in [0.25, 0.3) is 0 Å². The highest BCUT2D eigenvalue weighted by Crippen LogP contribution is 2.53. The Balaban J connectivity index is 1.78. The lowest BCUT2D eigenvalue weighted by Crippen LogP contribution is -2.51. The van der Waals surface area contributed by atoms with Crippen LogP contribution in [0, 0.1) is 5.41 Å². The first-order valence-corrected chi connectivity index (χ1v) is 7.23. The summed E-state index contributed by atoms with van der Waals surface area (Å²) in [5, 5.41) is 3.17. The molecule has 0 saturated heterocycles. The lowest BCUT2D eigenvalue weighted by atomic mass is 9.72. The highest BCUT2D eigenvalue weighted by Gasteiger charge is 2.54. The number of rotatable bonds is 3. The molecule has 3 N–H and O–H groups in total. The third-order valence-electron chi connectivity index (χ3n) is 5.01. The minimum atomic E-state index is -0.387. The summed E-state index contributed by atoms with van der Waals surface area (Å²) in [4.78, 5) is 24.1. The van der Waals surface area contributed by atoms with Gasteiger partial charge >= 0.3 is 0 Å². The highest BCUT2D eigenvalue weighted by atomic mass is 16.2. The molecule has 4 nitrogen and oxygen atoms in total. The first-order valence-electron chi connectivity index (χ1n) is 7.23. The van der Waals surface area contributed by atoms with Gasteiger partial charge in [-0.3, -0.25) is 9.59 Å². The van der Waals surface area contributed by atoms with Crippen molar-refractivity contribution in [1.29, 1.82) is 0 Å². The van der Waals surface area contributed by atoms with Crippen LogP contribution in [0.15, 0.2) is 30.3 Å². The molecule has 2 saturated carbocycles. The van der Waals surface area contributed by atoms with Crippen LogP contribution < -0.4 is 11.1 Å². The molecular formula is C16H20N2O2. The average molecular weight is 272 g/mol. The fraction of sp³-hybridized carbons (Fsp3) is 0.500. The summed E-state index contributed by atoms with van der Waals surface area (Å²) in [7, 11) is 0. The van der Waals surface area contributed by atoms with Gasteiger partial charge < -0.3 is 11.1 Å². The monoisotopic (exact) mass is 272 g/mol. The molecule has 2 aliphatic rings. The summed E-state index contributed by atoms with van der Waals surface area (Å²) in [5.41, 5.74) is 5.64. The van der Waals surface area contributed by atoms with Gasteiger partial charge in [0.2, 0.25) is 5.91 Å². The molecule has 1 aromatic carbocycles. The predicted octanol–water partition coefficient (Wildman–Crippen LogP) is 1.99. The van der Waals surface area contributed by atoms with Crippen molar-refractivity contribution in [2.24, 2.45) is 11.1 Å². The van der Waals surface area contributed by atoms with Gasteiger partial charge in [0, 0.05) is 11.1 Å². The predicted molar refractivity (Wildman–Crippen MR) is 76.0 cm³/mol. The van der Waals surface area contributed by atoms with E-state index in [1.807, 2.05) is 30.3 Å². The Labute approximate surface area is 118 Å². The first-order chi connectivity index (χ1) is 9.55. The Morgan fingerprint density at radius 3 is 2.50 bits per heavy atom. The van der Waals surface area contributed by atoms with Gasteiger partial charge in [-0.2, -0.15) is 0 Å². The number of primary amides is 1. The number of benzene rings is 1. The summed E-state index contributed by atoms with van der Waals surface area (Å²) in [6, 6.07) is 9.23. The van der Waals surface area contributed by atoms with Crippen molar-refractivity contribution >= 4 is 11.8 Å². The Bertz CT molecular complexity index is 543. The number of nitrogens with two attached hydrogens (primary N) is 1. The van der Waals surface area contributed by atoms with Crippen LogP contribution in [0.1, 0.15) is 48.9 Å². The molecule has 1 aromatic rings. The molecule has 0 spiro atoms. The molecule has 2 atom stereocenters. The van der Waals surface area contributed by atoms with Gasteiger partial charge in [0.25, 0.3) is 5.91 Å². The van der Waals surface area contributed by atoms with E-state index in [2.05, 4.69) is 5.32 Å². The quantitative estimate of drug-likeness (QED) is 0.883. The molecule has 0 heterocycles. The standard InChI is InChI=1S/C16H20N2O2/c17-14(20)15-7-4-8-16(11-15,10-9-15)18-13(19)12-5-2-1-3-6-12/h1-3,5-6H,4,7-11H2,(H2,17,20)(H,18,19)/t15-,16+/m0/s1. The Hall–Kier alpha value is -1.84. The first kappa shape index (κ1) is 13.2. The molecule has 4 heteroatoms. The second kappa shape index (κ2) is 4.62. The van der Waals surface area contributed by atoms with Crippen LogP contribution >= 0.6 is 0 Å². The molecule has 2 fully saturated rings. The van der Waals surface area contributed by atoms with E-state index in [-0.39, 0.29) is 22.8 Å². The minimum absolute atomic E-state index is 0.0484. The summed E-state index contributed by atoms with van der Waals surface area (Å²) >= 11 is 0. The maximum absolute atomic E-state index is 12.3. The zero-order chi connectivity index (χ0) is 14.2. The van der Waals surface area contributed by atoms with Gasteiger partial charge in [0.1, 0.15) is 0 Å². The van der Waals surface area contributed by atoms with E-state index in [1.165, 1.54) is 0 Å². The number of nitrogens with one attached hydrogen (secondary N) is 1. The van der Waals surface area contributed by atoms with Gasteiger partial charge in [-0.15, -0.1) is 0 Å². The van der Waals surface area contributed by atoms with Crippen molar-refractivity contribution in [3.63, 3.8) is 0 Å². The molecule has 2 aliphatic carbocycles. The minimum Gasteiger partial charge on any atom is -0.369 e. The van der Waals surface area contributed by atoms with Gasteiger partial charge in [-0.05, 0) is 44.2 Å². The SMILES string of the molecule is NC(=O)[C@@]12CCC[C@@](NC(=O)c3ccccc3)(CC1)C2. The van der Waals surface area contributed by atoms with Gasteiger partial charge in [0.15, 0.2) is 0 Å². The van der Waals surface area contributed by atoms with E-state index in [0.717, 1.165) is 32.1 Å². The molecule has 20 heavy (non-hydrogen) atoms. The molecule has 3 rings (SSSR count). The second-order valence-electron chi connectivity index (χ2n) is 6.28. The lowest BCUT2D eigenvalue weighted by molar-refractivity contribution is -0.128. The maximum Gasteiger partial charge on any atom is 0.251 e. The van der Waals surface area contributed by atoms with E-state index in [1.54, 1.807) is 0 Å². The van der Waals surface area contributed by atoms with Crippen molar-refractivity contribution in [2.75, 3.05) is 0 Å². The van der Waals surface area contributed by atoms with Crippen LogP contribution in [0.2, 0.25) is 0 Å². The topological polar surface area (TPSA) is 72.2 Å². The summed E-state index contributed by atoms with van der Waals surface area (Å²) in [5.74, 6) is -0.249. The highest BCUT2D eigenvalue weighted by molar-refractivity contribution is 5.94. The van der Waals surface area contributed by atoms with E-state index in [0.29, 0.717) is 12.0 Å². The third-order valence-corrected chi connectivity index (χ3v) is 5.01. The average Bonchev–Trinajstić information content (AvgIpc) is 2.72. The molecule has 0 aromatic heterocycles. The van der Waals surface area contributed by atoms with Crippen LogP contribution in [0.4, 0.5) is 0 Å². The van der Waals surface area contributed by atoms with Crippen LogP contribution in [0.5, 0.6) is 0 Å². The van der Waals surface area contributed by atoms with Gasteiger partial charge in [-0.25, -0.2) is 0 Å². The van der Waals surface area contributed by atoms with Crippen LogP contribution in [-0.4, -0.2) is 17.4 Å². The number of fused-ring (bicyclic) bond motifs is 2. The van der Waals surface area contributed by atoms with Gasteiger partial charge in [0.05, 0.1) is 5.41 Å². The second-order valence-corrected chi connectivity index (χ2v) is 6.28. The fourth-order valence-electron chi connectivity index (χ4n) is 3.90. The summed E-state index contributed by atoms with van der Waals surface area (Å²) in [6.45, 7) is 0. The van der Waals surface area contributed by atoms with Crippen LogP contribution in [-0.2, 0) is 4.79 Å². The molecule has 2 amide bonds. The zero-order valence-corrected chi connectivity index (χ0v) is 11.5. The number of hydrogen-bond donors (Lipinski definition) is 2. The number of amides is 2. The number of carbonyl (C=O) groups is 2. The van der Waals surface area contributed by atoms with E-state index < -0.39 is 0 Å². The van der Waals surface area contributed by atoms with E-state index >= 15 is 0 Å². The van der Waals surface area contributed by atoms with Gasteiger partial charge in [-0.1, -0.05) is 24.6 Å². The van der Waals surface area contributed by atoms with Crippen molar-refractivity contribution < 1.29 is 9.59 Å². The molecular weight excluding hydrogens is 252 g/mol. The lowest BCUT2D eigenvalue weighted by Gasteiger charge is -2.38. The molecule has 2 bridgehead atoms. The molecule has 0 radical (unpaired) electrons. The number of hydrogen-bond acceptors (Lipinski definition) is 2. The smallest absolute Gasteiger partial charge is 0.251 e. The summed E-state index contributed by atoms with van der Waals surface area (Å²) in [6.07, 6.45) is 5.13. The molecule has 106 valence electrons. The van der Waals surface area contributed by atoms with Crippen LogP contribution in [0.3, 0.4) is 0 Å². The zero-order valence-electron chi connectivity index (χ0n) is 11.5. The Kier molecular flexibility index (Phi) is 3.04. The van der Waals surface area contributed by atoms with Crippen molar-refractivity contribution in [3.8, 4) is 0 Å². The fourth-order valence-corrected chi connectivity index (χ4v) is 3.90. The Morgan fingerprint density at radius 2 is 1.80 bits per heavy atom. The van der Waals surface area contributed by atoms with E-state index in [4.69, 9.17) is 5.73 Å². The van der Waals surface area contributed by atoms with Crippen molar-refractivity contribution in [2.45, 2.75) is 44.1 Å². The normalized spacial score (nSPS) is 31.8. The van der Waals surface area contributed by atoms with E-state index in [9.17, 15) is 9.59 Å². The van der Waals surface area contributed by atoms with Crippen molar-refractivity contribution in [1.82, 2.24) is 5.32 Å². The number of carbonyl (C=O) groups excluding carboxylic acids is 2. The maximum atomic E-state index is 12.3. The summed E-state index contributed by atoms with van der Waals surface area (Å²) < 4.78 is 0. The third kappa shape index (κ3) is 2.09.